The highest BCUT2D eigenvalue weighted by atomic mass is 19.4. The van der Waals surface area contributed by atoms with Crippen molar-refractivity contribution in [1.29, 1.82) is 0 Å². The van der Waals surface area contributed by atoms with E-state index >= 15 is 0 Å². The first-order valence-electron chi connectivity index (χ1n) is 12.4. The quantitative estimate of drug-likeness (QED) is 0.390. The van der Waals surface area contributed by atoms with Crippen LogP contribution in [0.25, 0.3) is 0 Å². The number of amides is 1. The van der Waals surface area contributed by atoms with Gasteiger partial charge in [0, 0.05) is 69.2 Å². The standard InChI is InChI=1S/C25H31F3N6O3.CH4/c1-18-4-6-21(16-29-18)32-13-11-31(12-14-32)9-2-3-24(35)33-10-8-20(17-33)30-19-5-7-23(34(36)37)22(15-19)25(26,27)28;/h4-7,15-16,20,30H,2-3,8-14,17H2,1H3;1H4/t20-;/m1./s1. The third kappa shape index (κ3) is 7.33. The molecule has 0 radical (unpaired) electrons. The Morgan fingerprint density at radius 3 is 2.53 bits per heavy atom. The van der Waals surface area contributed by atoms with Gasteiger partial charge in [0.05, 0.1) is 16.8 Å². The lowest BCUT2D eigenvalue weighted by atomic mass is 10.1. The molecule has 0 saturated carbocycles. The molecule has 2 aliphatic heterocycles. The second kappa shape index (κ2) is 12.4. The molecule has 208 valence electrons. The van der Waals surface area contributed by atoms with Gasteiger partial charge in [-0.25, -0.2) is 0 Å². The molecule has 38 heavy (non-hydrogen) atoms. The van der Waals surface area contributed by atoms with E-state index in [1.54, 1.807) is 4.90 Å². The molecule has 1 amide bonds. The van der Waals surface area contributed by atoms with Crippen LogP contribution in [0, 0.1) is 17.0 Å². The Bertz CT molecular complexity index is 1100. The number of piperazine rings is 1. The molecule has 0 unspecified atom stereocenters. The minimum absolute atomic E-state index is 0. The fraction of sp³-hybridized carbons (Fsp3) is 0.538. The zero-order valence-corrected chi connectivity index (χ0v) is 20.7. The SMILES string of the molecule is C.Cc1ccc(N2CCN(CCCC(=O)N3CC[C@@H](Nc4ccc([N+](=O)[O-])c(C(F)(F)F)c4)C3)CC2)cn1. The molecular formula is C26H35F3N6O3. The summed E-state index contributed by atoms with van der Waals surface area (Å²) in [6, 6.07) is 6.78. The van der Waals surface area contributed by atoms with Gasteiger partial charge in [-0.2, -0.15) is 13.2 Å². The molecule has 0 spiro atoms. The van der Waals surface area contributed by atoms with Crippen LogP contribution >= 0.6 is 0 Å². The van der Waals surface area contributed by atoms with E-state index in [1.165, 1.54) is 6.07 Å². The fourth-order valence-corrected chi connectivity index (χ4v) is 4.84. The Labute approximate surface area is 220 Å². The topological polar surface area (TPSA) is 94.8 Å². The van der Waals surface area contributed by atoms with Gasteiger partial charge in [0.15, 0.2) is 0 Å². The zero-order valence-electron chi connectivity index (χ0n) is 20.7. The number of hydrogen-bond acceptors (Lipinski definition) is 7. The summed E-state index contributed by atoms with van der Waals surface area (Å²) in [5.74, 6) is 0.0355. The number of nitro groups is 1. The van der Waals surface area contributed by atoms with Gasteiger partial charge >= 0.3 is 6.18 Å². The van der Waals surface area contributed by atoms with Crippen LogP contribution in [-0.4, -0.2) is 77.5 Å². The van der Waals surface area contributed by atoms with E-state index in [-0.39, 0.29) is 25.1 Å². The second-order valence-corrected chi connectivity index (χ2v) is 9.55. The Morgan fingerprint density at radius 2 is 1.89 bits per heavy atom. The maximum atomic E-state index is 13.2. The van der Waals surface area contributed by atoms with E-state index < -0.39 is 22.4 Å². The normalized spacial score (nSPS) is 18.3. The largest absolute Gasteiger partial charge is 0.423 e. The monoisotopic (exact) mass is 536 g/mol. The van der Waals surface area contributed by atoms with E-state index in [4.69, 9.17) is 0 Å². The number of pyridine rings is 1. The van der Waals surface area contributed by atoms with Crippen LogP contribution in [0.15, 0.2) is 36.5 Å². The number of hydrogen-bond donors (Lipinski definition) is 1. The van der Waals surface area contributed by atoms with E-state index in [9.17, 15) is 28.1 Å². The van der Waals surface area contributed by atoms with Gasteiger partial charge in [-0.1, -0.05) is 7.43 Å². The Morgan fingerprint density at radius 1 is 1.16 bits per heavy atom. The van der Waals surface area contributed by atoms with Crippen LogP contribution in [0.1, 0.15) is 37.9 Å². The summed E-state index contributed by atoms with van der Waals surface area (Å²) in [5.41, 5.74) is 0.00695. The molecule has 1 aromatic carbocycles. The highest BCUT2D eigenvalue weighted by Crippen LogP contribution is 2.37. The highest BCUT2D eigenvalue weighted by Gasteiger charge is 2.38. The molecule has 12 heteroatoms. The number of halogens is 3. The number of carbonyl (C=O) groups is 1. The van der Waals surface area contributed by atoms with Crippen molar-refractivity contribution >= 4 is 23.0 Å². The predicted molar refractivity (Wildman–Crippen MR) is 140 cm³/mol. The first-order chi connectivity index (χ1) is 17.6. The Kier molecular flexibility index (Phi) is 9.53. The van der Waals surface area contributed by atoms with Crippen molar-refractivity contribution in [1.82, 2.24) is 14.8 Å². The van der Waals surface area contributed by atoms with E-state index in [2.05, 4.69) is 26.2 Å². The predicted octanol–water partition coefficient (Wildman–Crippen LogP) is 4.57. The number of rotatable bonds is 8. The number of benzene rings is 1. The van der Waals surface area contributed by atoms with Crippen molar-refractivity contribution in [2.45, 2.75) is 45.8 Å². The fourth-order valence-electron chi connectivity index (χ4n) is 4.84. The van der Waals surface area contributed by atoms with Crippen molar-refractivity contribution < 1.29 is 22.9 Å². The maximum absolute atomic E-state index is 13.2. The van der Waals surface area contributed by atoms with Gasteiger partial charge in [0.2, 0.25) is 5.91 Å². The van der Waals surface area contributed by atoms with Crippen molar-refractivity contribution in [3.63, 3.8) is 0 Å². The highest BCUT2D eigenvalue weighted by molar-refractivity contribution is 5.76. The van der Waals surface area contributed by atoms with E-state index in [0.29, 0.717) is 25.9 Å². The van der Waals surface area contributed by atoms with Gasteiger partial charge in [-0.3, -0.25) is 24.8 Å². The smallest absolute Gasteiger partial charge is 0.380 e. The lowest BCUT2D eigenvalue weighted by Gasteiger charge is -2.36. The molecular weight excluding hydrogens is 501 g/mol. The molecule has 1 aromatic heterocycles. The number of likely N-dealkylation sites (tertiary alicyclic amines) is 1. The Balaban J connectivity index is 0.00000400. The molecule has 3 heterocycles. The number of aromatic nitrogens is 1. The summed E-state index contributed by atoms with van der Waals surface area (Å²) in [6.07, 6.45) is -1.16. The van der Waals surface area contributed by atoms with Crippen LogP contribution < -0.4 is 10.2 Å². The second-order valence-electron chi connectivity index (χ2n) is 9.55. The number of alkyl halides is 3. The number of nitrogens with zero attached hydrogens (tertiary/aromatic N) is 5. The number of aryl methyl sites for hydroxylation is 1. The van der Waals surface area contributed by atoms with Crippen LogP contribution in [0.2, 0.25) is 0 Å². The van der Waals surface area contributed by atoms with Crippen molar-refractivity contribution in [2.24, 2.45) is 0 Å². The van der Waals surface area contributed by atoms with Crippen LogP contribution in [0.3, 0.4) is 0 Å². The molecule has 2 fully saturated rings. The summed E-state index contributed by atoms with van der Waals surface area (Å²) in [7, 11) is 0. The maximum Gasteiger partial charge on any atom is 0.423 e. The first kappa shape index (κ1) is 29.2. The summed E-state index contributed by atoms with van der Waals surface area (Å²) < 4.78 is 39.7. The van der Waals surface area contributed by atoms with Gasteiger partial charge in [-0.15, -0.1) is 0 Å². The molecule has 0 bridgehead atoms. The molecule has 1 N–H and O–H groups in total. The Hall–Kier alpha value is -3.41. The lowest BCUT2D eigenvalue weighted by Crippen LogP contribution is -2.46. The number of nitrogens with one attached hydrogen (secondary N) is 1. The van der Waals surface area contributed by atoms with Gasteiger partial charge in [-0.05, 0) is 50.6 Å². The molecule has 9 nitrogen and oxygen atoms in total. The van der Waals surface area contributed by atoms with Crippen molar-refractivity contribution in [3.8, 4) is 0 Å². The average molecular weight is 537 g/mol. The summed E-state index contributed by atoms with van der Waals surface area (Å²) in [5, 5.41) is 13.9. The van der Waals surface area contributed by atoms with Crippen molar-refractivity contribution in [3.05, 3.63) is 57.9 Å². The summed E-state index contributed by atoms with van der Waals surface area (Å²) in [6.45, 7) is 7.39. The number of nitro benzene ring substituents is 1. The summed E-state index contributed by atoms with van der Waals surface area (Å²) in [4.78, 5) is 33.4. The van der Waals surface area contributed by atoms with Crippen LogP contribution in [-0.2, 0) is 11.0 Å². The molecule has 4 rings (SSSR count). The summed E-state index contributed by atoms with van der Waals surface area (Å²) >= 11 is 0. The van der Waals surface area contributed by atoms with E-state index in [0.717, 1.165) is 62.7 Å². The van der Waals surface area contributed by atoms with Crippen LogP contribution in [0.4, 0.5) is 30.2 Å². The molecule has 1 atom stereocenters. The van der Waals surface area contributed by atoms with Gasteiger partial charge in [0.25, 0.3) is 5.69 Å². The van der Waals surface area contributed by atoms with Gasteiger partial charge < -0.3 is 15.1 Å². The molecule has 0 aliphatic carbocycles. The van der Waals surface area contributed by atoms with Crippen LogP contribution in [0.5, 0.6) is 0 Å². The van der Waals surface area contributed by atoms with Gasteiger partial charge in [0.1, 0.15) is 5.56 Å². The molecule has 2 aromatic rings. The first-order valence-corrected chi connectivity index (χ1v) is 12.4. The zero-order chi connectivity index (χ0) is 26.6. The minimum Gasteiger partial charge on any atom is -0.380 e. The van der Waals surface area contributed by atoms with Crippen molar-refractivity contribution in [2.75, 3.05) is 56.0 Å². The number of carbonyl (C=O) groups excluding carboxylic acids is 1. The molecule has 2 saturated heterocycles. The number of anilines is 2. The lowest BCUT2D eigenvalue weighted by molar-refractivity contribution is -0.388. The third-order valence-electron chi connectivity index (χ3n) is 6.91. The van der Waals surface area contributed by atoms with E-state index in [1.807, 2.05) is 19.2 Å². The average Bonchev–Trinajstić information content (AvgIpc) is 3.33. The minimum atomic E-state index is -4.83. The molecule has 2 aliphatic rings. The third-order valence-corrected chi connectivity index (χ3v) is 6.91.